The van der Waals surface area contributed by atoms with E-state index in [1.165, 1.54) is 46.6 Å². The number of aryl methyl sites for hydroxylation is 2. The standard InChI is InChI=1S/C30H38NO3S2/c1-21-11-13-22(14-12-21)8-4-5-17-31(2,3)25-20-23-15-16-24(25)28(23)34-29(32)30(33,26-9-6-18-35-26)27-10-7-19-36-27/h6-7,9-14,18-19,23-25,28,33H,4-5,8,15-17,20H2,1-3H3/q+1. The van der Waals surface area contributed by atoms with Gasteiger partial charge in [-0.05, 0) is 67.5 Å². The molecule has 2 bridgehead atoms. The van der Waals surface area contributed by atoms with Crippen LogP contribution in [0, 0.1) is 18.8 Å². The van der Waals surface area contributed by atoms with Crippen LogP contribution in [0.3, 0.4) is 0 Å². The summed E-state index contributed by atoms with van der Waals surface area (Å²) >= 11 is 2.80. The van der Waals surface area contributed by atoms with Crippen LogP contribution in [0.4, 0.5) is 0 Å². The Bertz CT molecular complexity index is 1100. The van der Waals surface area contributed by atoms with E-state index in [1.54, 1.807) is 0 Å². The van der Waals surface area contributed by atoms with Gasteiger partial charge < -0.3 is 14.3 Å². The van der Waals surface area contributed by atoms with E-state index in [2.05, 4.69) is 45.3 Å². The third-order valence-corrected chi connectivity index (χ3v) is 10.5. The summed E-state index contributed by atoms with van der Waals surface area (Å²) in [4.78, 5) is 14.8. The Morgan fingerprint density at radius 3 is 2.31 bits per heavy atom. The summed E-state index contributed by atoms with van der Waals surface area (Å²) < 4.78 is 7.22. The van der Waals surface area contributed by atoms with Gasteiger partial charge in [0.25, 0.3) is 0 Å². The van der Waals surface area contributed by atoms with Gasteiger partial charge in [0.1, 0.15) is 6.10 Å². The molecule has 3 aromatic rings. The monoisotopic (exact) mass is 524 g/mol. The minimum absolute atomic E-state index is 0.0982. The molecular formula is C30H38NO3S2+. The van der Waals surface area contributed by atoms with Gasteiger partial charge in [-0.15, -0.1) is 22.7 Å². The molecule has 2 fully saturated rings. The predicted molar refractivity (Wildman–Crippen MR) is 147 cm³/mol. The molecule has 0 aliphatic heterocycles. The van der Waals surface area contributed by atoms with E-state index in [4.69, 9.17) is 4.74 Å². The van der Waals surface area contributed by atoms with Gasteiger partial charge in [0.15, 0.2) is 0 Å². The normalized spacial score (nSPS) is 23.8. The lowest BCUT2D eigenvalue weighted by Crippen LogP contribution is -2.52. The molecule has 36 heavy (non-hydrogen) atoms. The lowest BCUT2D eigenvalue weighted by atomic mass is 9.92. The van der Waals surface area contributed by atoms with Crippen LogP contribution in [0.5, 0.6) is 0 Å². The number of rotatable bonds is 10. The Morgan fingerprint density at radius 2 is 1.69 bits per heavy atom. The summed E-state index contributed by atoms with van der Waals surface area (Å²) in [6, 6.07) is 16.8. The van der Waals surface area contributed by atoms with Gasteiger partial charge in [-0.25, -0.2) is 4.79 Å². The molecule has 6 heteroatoms. The highest BCUT2D eigenvalue weighted by molar-refractivity contribution is 7.12. The van der Waals surface area contributed by atoms with Gasteiger partial charge in [-0.2, -0.15) is 0 Å². The number of carbonyl (C=O) groups excluding carboxylic acids is 1. The fourth-order valence-electron chi connectivity index (χ4n) is 6.49. The predicted octanol–water partition coefficient (Wildman–Crippen LogP) is 6.16. The van der Waals surface area contributed by atoms with Crippen LogP contribution in [0.1, 0.15) is 53.0 Å². The van der Waals surface area contributed by atoms with Crippen molar-refractivity contribution >= 4 is 28.6 Å². The van der Waals surface area contributed by atoms with Crippen molar-refractivity contribution in [2.24, 2.45) is 11.8 Å². The highest BCUT2D eigenvalue weighted by Crippen LogP contribution is 2.51. The molecule has 0 spiro atoms. The molecule has 4 nitrogen and oxygen atoms in total. The second-order valence-electron chi connectivity index (χ2n) is 11.3. The lowest BCUT2D eigenvalue weighted by molar-refractivity contribution is -0.918. The fraction of sp³-hybridized carbons (Fsp3) is 0.500. The molecule has 2 heterocycles. The topological polar surface area (TPSA) is 46.5 Å². The number of fused-ring (bicyclic) bond motifs is 2. The van der Waals surface area contributed by atoms with Crippen molar-refractivity contribution in [1.29, 1.82) is 0 Å². The van der Waals surface area contributed by atoms with E-state index >= 15 is 0 Å². The van der Waals surface area contributed by atoms with Gasteiger partial charge in [0.05, 0.1) is 36.4 Å². The lowest BCUT2D eigenvalue weighted by Gasteiger charge is -2.40. The largest absolute Gasteiger partial charge is 0.459 e. The third kappa shape index (κ3) is 4.93. The van der Waals surface area contributed by atoms with E-state index in [1.807, 2.05) is 35.0 Å². The molecule has 2 aliphatic rings. The number of unbranched alkanes of at least 4 members (excludes halogenated alkanes) is 1. The number of nitrogens with zero attached hydrogens (tertiary/aromatic N) is 1. The van der Waals surface area contributed by atoms with Gasteiger partial charge in [0.2, 0.25) is 5.60 Å². The molecule has 1 N–H and O–H groups in total. The van der Waals surface area contributed by atoms with Crippen LogP contribution >= 0.6 is 22.7 Å². The van der Waals surface area contributed by atoms with Crippen LogP contribution in [0.25, 0.3) is 0 Å². The van der Waals surface area contributed by atoms with Crippen LogP contribution < -0.4 is 0 Å². The summed E-state index contributed by atoms with van der Waals surface area (Å²) in [6.45, 7) is 3.27. The Labute approximate surface area is 223 Å². The number of hydrogen-bond donors (Lipinski definition) is 1. The number of benzene rings is 1. The maximum atomic E-state index is 13.6. The summed E-state index contributed by atoms with van der Waals surface area (Å²) in [5.41, 5.74) is 1.01. The molecule has 0 amide bonds. The number of esters is 1. The Hall–Kier alpha value is -1.99. The van der Waals surface area contributed by atoms with Crippen molar-refractivity contribution in [2.45, 2.75) is 63.2 Å². The van der Waals surface area contributed by atoms with E-state index in [9.17, 15) is 9.90 Å². The minimum Gasteiger partial charge on any atom is -0.459 e. The first-order chi connectivity index (χ1) is 17.3. The Kier molecular flexibility index (Phi) is 7.42. The second kappa shape index (κ2) is 10.4. The molecule has 0 radical (unpaired) electrons. The number of quaternary nitrogens is 1. The fourth-order valence-corrected chi connectivity index (χ4v) is 8.20. The highest BCUT2D eigenvalue weighted by atomic mass is 32.1. The zero-order valence-corrected chi connectivity index (χ0v) is 23.2. The Balaban J connectivity index is 1.22. The molecule has 2 aromatic heterocycles. The first kappa shape index (κ1) is 25.7. The van der Waals surface area contributed by atoms with Crippen LogP contribution in [-0.4, -0.2) is 48.3 Å². The molecule has 192 valence electrons. The van der Waals surface area contributed by atoms with E-state index in [0.717, 1.165) is 36.7 Å². The first-order valence-electron chi connectivity index (χ1n) is 13.2. The molecule has 1 aromatic carbocycles. The van der Waals surface area contributed by atoms with Crippen molar-refractivity contribution in [3.05, 3.63) is 80.2 Å². The quantitative estimate of drug-likeness (QED) is 0.196. The maximum Gasteiger partial charge on any atom is 0.349 e. The number of thiophene rings is 2. The SMILES string of the molecule is Cc1ccc(CCCC[N+](C)(C)C2CC3CCC2C3OC(=O)C(O)(c2cccs2)c2cccs2)cc1. The van der Waals surface area contributed by atoms with Crippen molar-refractivity contribution in [2.75, 3.05) is 20.6 Å². The average molecular weight is 525 g/mol. The smallest absolute Gasteiger partial charge is 0.349 e. The third-order valence-electron chi connectivity index (χ3n) is 8.56. The molecule has 2 saturated carbocycles. The minimum atomic E-state index is -1.72. The molecule has 5 rings (SSSR count). The van der Waals surface area contributed by atoms with Gasteiger partial charge >= 0.3 is 5.97 Å². The van der Waals surface area contributed by atoms with Gasteiger partial charge in [-0.3, -0.25) is 0 Å². The van der Waals surface area contributed by atoms with Crippen molar-refractivity contribution in [1.82, 2.24) is 0 Å². The van der Waals surface area contributed by atoms with E-state index in [0.29, 0.717) is 27.6 Å². The number of ether oxygens (including phenoxy) is 1. The Morgan fingerprint density at radius 1 is 1.03 bits per heavy atom. The summed E-state index contributed by atoms with van der Waals surface area (Å²) in [7, 11) is 4.70. The van der Waals surface area contributed by atoms with Crippen LogP contribution in [0.2, 0.25) is 0 Å². The number of carbonyl (C=O) groups is 1. The number of aliphatic hydroxyl groups is 1. The van der Waals surface area contributed by atoms with Crippen molar-refractivity contribution in [3.8, 4) is 0 Å². The summed E-state index contributed by atoms with van der Waals surface area (Å²) in [6.07, 6.45) is 6.73. The molecule has 0 saturated heterocycles. The second-order valence-corrected chi connectivity index (χ2v) is 13.2. The molecule has 4 unspecified atom stereocenters. The maximum absolute atomic E-state index is 13.6. The molecular weight excluding hydrogens is 486 g/mol. The van der Waals surface area contributed by atoms with E-state index in [-0.39, 0.29) is 6.10 Å². The van der Waals surface area contributed by atoms with Crippen molar-refractivity contribution in [3.63, 3.8) is 0 Å². The van der Waals surface area contributed by atoms with Gasteiger partial charge in [-0.1, -0.05) is 42.0 Å². The summed E-state index contributed by atoms with van der Waals surface area (Å²) in [5.74, 6) is 0.241. The zero-order chi connectivity index (χ0) is 25.3. The van der Waals surface area contributed by atoms with Gasteiger partial charge in [0, 0.05) is 18.3 Å². The van der Waals surface area contributed by atoms with E-state index < -0.39 is 11.6 Å². The van der Waals surface area contributed by atoms with Crippen LogP contribution in [-0.2, 0) is 21.6 Å². The van der Waals surface area contributed by atoms with Crippen LogP contribution in [0.15, 0.2) is 59.3 Å². The molecule has 4 atom stereocenters. The summed E-state index contributed by atoms with van der Waals surface area (Å²) in [5, 5.41) is 15.5. The molecule has 2 aliphatic carbocycles. The van der Waals surface area contributed by atoms with Crippen molar-refractivity contribution < 1.29 is 19.1 Å². The first-order valence-corrected chi connectivity index (χ1v) is 14.9. The zero-order valence-electron chi connectivity index (χ0n) is 21.6. The number of hydrogen-bond acceptors (Lipinski definition) is 5. The highest BCUT2D eigenvalue weighted by Gasteiger charge is 2.57. The average Bonchev–Trinajstić information content (AvgIpc) is 3.68.